The zero-order valence-electron chi connectivity index (χ0n) is 20.3. The van der Waals surface area contributed by atoms with Gasteiger partial charge in [0, 0.05) is 13.1 Å². The summed E-state index contributed by atoms with van der Waals surface area (Å²) in [6.07, 6.45) is -0.00456. The van der Waals surface area contributed by atoms with Crippen molar-refractivity contribution < 1.29 is 24.5 Å². The Morgan fingerprint density at radius 2 is 1.94 bits per heavy atom. The van der Waals surface area contributed by atoms with Crippen molar-refractivity contribution in [2.24, 2.45) is 5.41 Å². The van der Waals surface area contributed by atoms with Gasteiger partial charge in [-0.3, -0.25) is 4.79 Å². The van der Waals surface area contributed by atoms with E-state index >= 15 is 0 Å². The Kier molecular flexibility index (Phi) is 6.35. The molecule has 0 radical (unpaired) electrons. The molecule has 1 fully saturated rings. The van der Waals surface area contributed by atoms with Gasteiger partial charge in [-0.25, -0.2) is 0 Å². The first-order valence-electron chi connectivity index (χ1n) is 11.8. The molecule has 0 spiro atoms. The molecule has 190 valence electrons. The van der Waals surface area contributed by atoms with E-state index in [2.05, 4.69) is 40.2 Å². The number of nitrogens with zero attached hydrogens (tertiary/aromatic N) is 3. The lowest BCUT2D eigenvalue weighted by Crippen LogP contribution is -2.29. The van der Waals surface area contributed by atoms with Gasteiger partial charge in [-0.2, -0.15) is 8.75 Å². The molecule has 2 atom stereocenters. The number of hydrogen-bond acceptors (Lipinski definition) is 10. The molecule has 3 aromatic rings. The quantitative estimate of drug-likeness (QED) is 0.361. The zero-order valence-corrected chi connectivity index (χ0v) is 21.1. The van der Waals surface area contributed by atoms with Gasteiger partial charge in [0.25, 0.3) is 5.91 Å². The summed E-state index contributed by atoms with van der Waals surface area (Å²) in [6.45, 7) is 7.29. The molecule has 2 aliphatic rings. The van der Waals surface area contributed by atoms with Crippen LogP contribution in [0.3, 0.4) is 0 Å². The highest BCUT2D eigenvalue weighted by atomic mass is 32.1. The van der Waals surface area contributed by atoms with Gasteiger partial charge in [0.2, 0.25) is 6.79 Å². The number of aliphatic hydroxyl groups is 1. The number of benzene rings is 2. The van der Waals surface area contributed by atoms with Gasteiger partial charge in [0.05, 0.1) is 35.1 Å². The maximum atomic E-state index is 12.9. The lowest BCUT2D eigenvalue weighted by atomic mass is 9.82. The van der Waals surface area contributed by atoms with Crippen LogP contribution in [-0.4, -0.2) is 55.8 Å². The van der Waals surface area contributed by atoms with E-state index < -0.39 is 6.10 Å². The van der Waals surface area contributed by atoms with Crippen LogP contribution in [-0.2, 0) is 0 Å². The normalized spacial score (nSPS) is 17.8. The van der Waals surface area contributed by atoms with Crippen LogP contribution < -0.4 is 20.1 Å². The Morgan fingerprint density at radius 1 is 1.17 bits per heavy atom. The van der Waals surface area contributed by atoms with Gasteiger partial charge in [0.1, 0.15) is 0 Å². The lowest BCUT2D eigenvalue weighted by molar-refractivity contribution is 0.0762. The average Bonchev–Trinajstić information content (AvgIpc) is 3.58. The summed E-state index contributed by atoms with van der Waals surface area (Å²) in [5.41, 5.74) is 1.32. The molecule has 0 saturated carbocycles. The topological polar surface area (TPSA) is 129 Å². The van der Waals surface area contributed by atoms with E-state index in [1.807, 2.05) is 18.2 Å². The number of aliphatic hydroxyl groups excluding tert-OH is 1. The van der Waals surface area contributed by atoms with E-state index in [1.165, 1.54) is 0 Å². The Labute approximate surface area is 213 Å². The number of carbonyl (C=O) groups is 1. The van der Waals surface area contributed by atoms with Crippen molar-refractivity contribution in [3.05, 3.63) is 47.5 Å². The monoisotopic (exact) mass is 511 g/mol. The van der Waals surface area contributed by atoms with Crippen LogP contribution in [0.1, 0.15) is 49.2 Å². The minimum absolute atomic E-state index is 0.139. The number of rotatable bonds is 6. The number of phenols is 1. The van der Waals surface area contributed by atoms with Gasteiger partial charge < -0.3 is 35.2 Å². The second-order valence-corrected chi connectivity index (χ2v) is 10.6. The number of nitrogens with one attached hydrogen (secondary N) is 2. The van der Waals surface area contributed by atoms with Crippen molar-refractivity contribution >= 4 is 35.0 Å². The van der Waals surface area contributed by atoms with Gasteiger partial charge in [0.15, 0.2) is 28.9 Å². The van der Waals surface area contributed by atoms with E-state index in [1.54, 1.807) is 23.1 Å². The molecular formula is C25H29N5O5S. The molecule has 0 bridgehead atoms. The van der Waals surface area contributed by atoms with Crippen molar-refractivity contribution in [2.75, 3.05) is 30.5 Å². The summed E-state index contributed by atoms with van der Waals surface area (Å²) in [4.78, 5) is 14.4. The number of hydrogen-bond donors (Lipinski definition) is 4. The van der Waals surface area contributed by atoms with Crippen molar-refractivity contribution in [3.63, 3.8) is 0 Å². The third-order valence-electron chi connectivity index (χ3n) is 6.34. The molecule has 2 aromatic carbocycles. The smallest absolute Gasteiger partial charge is 0.257 e. The van der Waals surface area contributed by atoms with Gasteiger partial charge in [-0.1, -0.05) is 32.9 Å². The number of amides is 1. The molecule has 0 aliphatic carbocycles. The molecule has 36 heavy (non-hydrogen) atoms. The summed E-state index contributed by atoms with van der Waals surface area (Å²) < 4.78 is 19.8. The average molecular weight is 512 g/mol. The van der Waals surface area contributed by atoms with Crippen LogP contribution in [0.5, 0.6) is 17.2 Å². The SMILES string of the molecule is CC(C)(C)C(Nc1nsnc1Nc1cccc(C(=O)N2CCC(O)C2)c1O)c1ccc2c(c1)OCO2. The van der Waals surface area contributed by atoms with Crippen LogP contribution in [0.25, 0.3) is 0 Å². The number of anilines is 3. The highest BCUT2D eigenvalue weighted by molar-refractivity contribution is 6.99. The van der Waals surface area contributed by atoms with E-state index in [0.29, 0.717) is 36.0 Å². The van der Waals surface area contributed by atoms with Crippen LogP contribution in [0.15, 0.2) is 36.4 Å². The second kappa shape index (κ2) is 9.47. The maximum Gasteiger partial charge on any atom is 0.257 e. The van der Waals surface area contributed by atoms with E-state index in [0.717, 1.165) is 23.0 Å². The van der Waals surface area contributed by atoms with Crippen LogP contribution in [0, 0.1) is 5.41 Å². The van der Waals surface area contributed by atoms with Gasteiger partial charge in [-0.15, -0.1) is 0 Å². The minimum atomic E-state index is -0.535. The largest absolute Gasteiger partial charge is 0.505 e. The summed E-state index contributed by atoms with van der Waals surface area (Å²) in [5.74, 6) is 1.89. The number of ether oxygens (including phenoxy) is 2. The van der Waals surface area contributed by atoms with Crippen molar-refractivity contribution in [2.45, 2.75) is 39.3 Å². The van der Waals surface area contributed by atoms with Crippen LogP contribution in [0.4, 0.5) is 17.3 Å². The predicted molar refractivity (Wildman–Crippen MR) is 136 cm³/mol. The van der Waals surface area contributed by atoms with Gasteiger partial charge in [-0.05, 0) is 41.7 Å². The highest BCUT2D eigenvalue weighted by Gasteiger charge is 2.31. The fraction of sp³-hybridized carbons (Fsp3) is 0.400. The molecule has 4 N–H and O–H groups in total. The standard InChI is InChI=1S/C25H29N5O5S/c1-25(2,3)21(14-7-8-18-19(11-14)35-13-34-18)27-23-22(28-36-29-23)26-17-6-4-5-16(20(17)32)24(33)30-10-9-15(31)12-30/h4-8,11,15,21,31-32H,9-10,12-13H2,1-3H3,(H,26,28)(H,27,29). The first kappa shape index (κ1) is 24.1. The highest BCUT2D eigenvalue weighted by Crippen LogP contribution is 2.42. The molecular weight excluding hydrogens is 482 g/mol. The molecule has 1 saturated heterocycles. The number of para-hydroxylation sites is 1. The van der Waals surface area contributed by atoms with Crippen LogP contribution >= 0.6 is 11.7 Å². The molecule has 11 heteroatoms. The number of aromatic nitrogens is 2. The number of β-amino-alcohol motifs (C(OH)–C–C–N with tert-alkyl or cyclic N) is 1. The lowest BCUT2D eigenvalue weighted by Gasteiger charge is -2.32. The summed E-state index contributed by atoms with van der Waals surface area (Å²) in [5, 5.41) is 27.3. The number of aromatic hydroxyl groups is 1. The third-order valence-corrected chi connectivity index (χ3v) is 6.86. The Morgan fingerprint density at radius 3 is 2.69 bits per heavy atom. The Balaban J connectivity index is 1.39. The van der Waals surface area contributed by atoms with E-state index in [9.17, 15) is 15.0 Å². The summed E-state index contributed by atoms with van der Waals surface area (Å²) in [7, 11) is 0. The molecule has 2 unspecified atom stereocenters. The maximum absolute atomic E-state index is 12.9. The van der Waals surface area contributed by atoms with Crippen molar-refractivity contribution in [1.82, 2.24) is 13.6 Å². The molecule has 10 nitrogen and oxygen atoms in total. The zero-order chi connectivity index (χ0) is 25.4. The van der Waals surface area contributed by atoms with Gasteiger partial charge >= 0.3 is 0 Å². The molecule has 2 aliphatic heterocycles. The number of likely N-dealkylation sites (tertiary alicyclic amines) is 1. The van der Waals surface area contributed by atoms with E-state index in [-0.39, 0.29) is 42.0 Å². The second-order valence-electron chi connectivity index (χ2n) is 10.0. The predicted octanol–water partition coefficient (Wildman–Crippen LogP) is 4.12. The number of carbonyl (C=O) groups excluding carboxylic acids is 1. The first-order valence-corrected chi connectivity index (χ1v) is 12.5. The third kappa shape index (κ3) is 4.76. The fourth-order valence-electron chi connectivity index (χ4n) is 4.44. The van der Waals surface area contributed by atoms with Crippen molar-refractivity contribution in [3.8, 4) is 17.2 Å². The summed E-state index contributed by atoms with van der Waals surface area (Å²) in [6, 6.07) is 10.7. The number of fused-ring (bicyclic) bond motifs is 1. The minimum Gasteiger partial charge on any atom is -0.505 e. The summed E-state index contributed by atoms with van der Waals surface area (Å²) >= 11 is 1.04. The van der Waals surface area contributed by atoms with Crippen molar-refractivity contribution in [1.29, 1.82) is 0 Å². The first-order chi connectivity index (χ1) is 17.2. The molecule has 3 heterocycles. The fourth-order valence-corrected chi connectivity index (χ4v) is 4.91. The van der Waals surface area contributed by atoms with Crippen LogP contribution in [0.2, 0.25) is 0 Å². The Hall–Kier alpha value is -3.57. The Bertz CT molecular complexity index is 1270. The molecule has 1 aromatic heterocycles. The molecule has 1 amide bonds. The van der Waals surface area contributed by atoms with E-state index in [4.69, 9.17) is 9.47 Å². The number of phenolic OH excluding ortho intramolecular Hbond substituents is 1. The molecule has 5 rings (SSSR count).